The van der Waals surface area contributed by atoms with Gasteiger partial charge in [0, 0.05) is 10.9 Å². The number of hydrogen-bond acceptors (Lipinski definition) is 4. The molecule has 0 fully saturated rings. The summed E-state index contributed by atoms with van der Waals surface area (Å²) in [4.78, 5) is 0. The molecule has 0 aromatic carbocycles. The fourth-order valence-corrected chi connectivity index (χ4v) is 1.39. The van der Waals surface area contributed by atoms with Crippen molar-refractivity contribution in [2.45, 2.75) is 6.92 Å². The minimum absolute atomic E-state index is 0.887. The zero-order valence-corrected chi connectivity index (χ0v) is 6.76. The first-order valence-corrected chi connectivity index (χ1v) is 4.03. The summed E-state index contributed by atoms with van der Waals surface area (Å²) in [6.07, 6.45) is 1.66. The summed E-state index contributed by atoms with van der Waals surface area (Å²) in [6, 6.07) is 1.89. The van der Waals surface area contributed by atoms with E-state index in [4.69, 9.17) is 4.42 Å². The van der Waals surface area contributed by atoms with Gasteiger partial charge in [0.15, 0.2) is 0 Å². The Morgan fingerprint density at radius 3 is 3.00 bits per heavy atom. The molecule has 0 amide bonds. The van der Waals surface area contributed by atoms with E-state index in [1.54, 1.807) is 6.26 Å². The summed E-state index contributed by atoms with van der Waals surface area (Å²) >= 11 is 1.34. The molecule has 0 atom stereocenters. The van der Waals surface area contributed by atoms with Crippen molar-refractivity contribution in [1.29, 1.82) is 0 Å². The number of aryl methyl sites for hydroxylation is 1. The summed E-state index contributed by atoms with van der Waals surface area (Å²) in [5, 5.41) is 5.83. The molecule has 0 aliphatic heterocycles. The zero-order valence-electron chi connectivity index (χ0n) is 5.94. The second kappa shape index (κ2) is 2.47. The molecule has 0 radical (unpaired) electrons. The van der Waals surface area contributed by atoms with Crippen LogP contribution in [-0.2, 0) is 0 Å². The smallest absolute Gasteiger partial charge is 0.110 e. The topological polar surface area (TPSA) is 38.9 Å². The fraction of sp³-hybridized carbons (Fsp3) is 0.143. The van der Waals surface area contributed by atoms with Crippen molar-refractivity contribution in [3.05, 3.63) is 23.5 Å². The lowest BCUT2D eigenvalue weighted by atomic mass is 10.2. The Labute approximate surface area is 67.8 Å². The van der Waals surface area contributed by atoms with Crippen LogP contribution in [0.3, 0.4) is 0 Å². The number of nitrogens with zero attached hydrogens (tertiary/aromatic N) is 2. The van der Waals surface area contributed by atoms with Crippen LogP contribution in [0.15, 0.2) is 22.1 Å². The van der Waals surface area contributed by atoms with Gasteiger partial charge >= 0.3 is 0 Å². The Hall–Kier alpha value is -1.16. The van der Waals surface area contributed by atoms with Gasteiger partial charge in [-0.3, -0.25) is 0 Å². The third-order valence-electron chi connectivity index (χ3n) is 1.49. The Bertz CT molecular complexity index is 339. The van der Waals surface area contributed by atoms with Crippen LogP contribution in [-0.4, -0.2) is 9.59 Å². The average molecular weight is 166 g/mol. The molecule has 0 unspecified atom stereocenters. The van der Waals surface area contributed by atoms with Gasteiger partial charge in [-0.15, -0.1) is 5.10 Å². The van der Waals surface area contributed by atoms with Crippen molar-refractivity contribution >= 4 is 11.5 Å². The van der Waals surface area contributed by atoms with E-state index in [0.717, 1.165) is 17.0 Å². The van der Waals surface area contributed by atoms with Gasteiger partial charge in [0.1, 0.15) is 11.5 Å². The van der Waals surface area contributed by atoms with E-state index in [2.05, 4.69) is 9.59 Å². The number of furan rings is 1. The molecule has 4 heteroatoms. The molecule has 0 saturated heterocycles. The Morgan fingerprint density at radius 1 is 1.55 bits per heavy atom. The highest BCUT2D eigenvalue weighted by atomic mass is 32.1. The van der Waals surface area contributed by atoms with Crippen LogP contribution in [0.4, 0.5) is 0 Å². The van der Waals surface area contributed by atoms with Crippen LogP contribution in [0.25, 0.3) is 11.3 Å². The van der Waals surface area contributed by atoms with E-state index in [-0.39, 0.29) is 0 Å². The Morgan fingerprint density at radius 2 is 2.45 bits per heavy atom. The van der Waals surface area contributed by atoms with Gasteiger partial charge in [0.05, 0.1) is 6.26 Å². The molecule has 0 N–H and O–H groups in total. The lowest BCUT2D eigenvalue weighted by Crippen LogP contribution is -1.76. The molecule has 0 aliphatic rings. The maximum atomic E-state index is 5.13. The van der Waals surface area contributed by atoms with Crippen molar-refractivity contribution < 1.29 is 4.42 Å². The minimum Gasteiger partial charge on any atom is -0.469 e. The minimum atomic E-state index is 0.887. The fourth-order valence-electron chi connectivity index (χ4n) is 0.933. The first-order valence-electron chi connectivity index (χ1n) is 3.19. The van der Waals surface area contributed by atoms with Crippen LogP contribution in [0.5, 0.6) is 0 Å². The van der Waals surface area contributed by atoms with Crippen LogP contribution in [0.1, 0.15) is 5.76 Å². The van der Waals surface area contributed by atoms with Gasteiger partial charge < -0.3 is 4.42 Å². The summed E-state index contributed by atoms with van der Waals surface area (Å²) in [6.45, 7) is 1.91. The molecule has 11 heavy (non-hydrogen) atoms. The van der Waals surface area contributed by atoms with Crippen LogP contribution < -0.4 is 0 Å². The summed E-state index contributed by atoms with van der Waals surface area (Å²) in [7, 11) is 0. The SMILES string of the molecule is Cc1occc1-c1csnn1. The van der Waals surface area contributed by atoms with Gasteiger partial charge in [-0.1, -0.05) is 4.49 Å². The van der Waals surface area contributed by atoms with Gasteiger partial charge in [0.25, 0.3) is 0 Å². The monoisotopic (exact) mass is 166 g/mol. The predicted molar refractivity (Wildman–Crippen MR) is 42.3 cm³/mol. The lowest BCUT2D eigenvalue weighted by Gasteiger charge is -1.88. The number of hydrogen-bond donors (Lipinski definition) is 0. The maximum Gasteiger partial charge on any atom is 0.110 e. The second-order valence-corrected chi connectivity index (χ2v) is 2.79. The summed E-state index contributed by atoms with van der Waals surface area (Å²) in [5.74, 6) is 0.887. The van der Waals surface area contributed by atoms with Crippen LogP contribution in [0.2, 0.25) is 0 Å². The molecule has 2 aromatic rings. The summed E-state index contributed by atoms with van der Waals surface area (Å²) in [5.41, 5.74) is 1.92. The highest BCUT2D eigenvalue weighted by Crippen LogP contribution is 2.22. The standard InChI is InChI=1S/C7H6N2OS/c1-5-6(2-3-10-5)7-4-11-9-8-7/h2-4H,1H3. The van der Waals surface area contributed by atoms with E-state index in [1.165, 1.54) is 11.5 Å². The molecular formula is C7H6N2OS. The molecular weight excluding hydrogens is 160 g/mol. The molecule has 0 aliphatic carbocycles. The largest absolute Gasteiger partial charge is 0.469 e. The molecule has 0 spiro atoms. The first kappa shape index (κ1) is 6.54. The van der Waals surface area contributed by atoms with Crippen molar-refractivity contribution in [2.75, 3.05) is 0 Å². The van der Waals surface area contributed by atoms with E-state index in [9.17, 15) is 0 Å². The molecule has 3 nitrogen and oxygen atoms in total. The molecule has 2 aromatic heterocycles. The van der Waals surface area contributed by atoms with Crippen molar-refractivity contribution in [3.63, 3.8) is 0 Å². The summed E-state index contributed by atoms with van der Waals surface area (Å²) < 4.78 is 8.89. The van der Waals surface area contributed by atoms with E-state index >= 15 is 0 Å². The third kappa shape index (κ3) is 1.05. The lowest BCUT2D eigenvalue weighted by molar-refractivity contribution is 0.535. The van der Waals surface area contributed by atoms with Crippen molar-refractivity contribution in [1.82, 2.24) is 9.59 Å². The van der Waals surface area contributed by atoms with Crippen molar-refractivity contribution in [3.8, 4) is 11.3 Å². The third-order valence-corrected chi connectivity index (χ3v) is 2.00. The number of aromatic nitrogens is 2. The number of rotatable bonds is 1. The van der Waals surface area contributed by atoms with Gasteiger partial charge in [-0.2, -0.15) is 0 Å². The highest BCUT2D eigenvalue weighted by molar-refractivity contribution is 7.03. The molecule has 56 valence electrons. The van der Waals surface area contributed by atoms with Crippen molar-refractivity contribution in [2.24, 2.45) is 0 Å². The van der Waals surface area contributed by atoms with E-state index in [0.29, 0.717) is 0 Å². The zero-order chi connectivity index (χ0) is 7.68. The molecule has 0 saturated carbocycles. The quantitative estimate of drug-likeness (QED) is 0.651. The van der Waals surface area contributed by atoms with Crippen LogP contribution >= 0.6 is 11.5 Å². The average Bonchev–Trinajstić information content (AvgIpc) is 2.55. The predicted octanol–water partition coefficient (Wildman–Crippen LogP) is 2.11. The first-order chi connectivity index (χ1) is 5.38. The Balaban J connectivity index is 2.53. The molecule has 0 bridgehead atoms. The highest BCUT2D eigenvalue weighted by Gasteiger charge is 2.05. The van der Waals surface area contributed by atoms with Gasteiger partial charge in [-0.25, -0.2) is 0 Å². The molecule has 2 heterocycles. The van der Waals surface area contributed by atoms with Gasteiger partial charge in [-0.05, 0) is 24.5 Å². The Kier molecular flexibility index (Phi) is 1.47. The van der Waals surface area contributed by atoms with Crippen LogP contribution in [0, 0.1) is 6.92 Å². The second-order valence-electron chi connectivity index (χ2n) is 2.18. The molecule has 2 rings (SSSR count). The van der Waals surface area contributed by atoms with E-state index in [1.807, 2.05) is 18.4 Å². The maximum absolute atomic E-state index is 5.13. The normalized spacial score (nSPS) is 10.3. The van der Waals surface area contributed by atoms with E-state index < -0.39 is 0 Å². The van der Waals surface area contributed by atoms with Gasteiger partial charge in [0.2, 0.25) is 0 Å².